The van der Waals surface area contributed by atoms with Crippen LogP contribution < -0.4 is 0 Å². The maximum atomic E-state index is 9.08. The molecule has 2 nitrogen and oxygen atoms in total. The van der Waals surface area contributed by atoms with E-state index in [0.29, 0.717) is 0 Å². The molecule has 1 aliphatic rings. The summed E-state index contributed by atoms with van der Waals surface area (Å²) in [4.78, 5) is 0. The Morgan fingerprint density at radius 1 is 1.45 bits per heavy atom. The molecular formula is C9H18O2. The van der Waals surface area contributed by atoms with E-state index >= 15 is 0 Å². The largest absolute Gasteiger partial charge is 0.391 e. The van der Waals surface area contributed by atoms with Crippen LogP contribution in [0.4, 0.5) is 0 Å². The molecule has 0 spiro atoms. The van der Waals surface area contributed by atoms with Gasteiger partial charge in [-0.15, -0.1) is 0 Å². The summed E-state index contributed by atoms with van der Waals surface area (Å²) in [6.45, 7) is 4.50. The van der Waals surface area contributed by atoms with Crippen LogP contribution in [0.5, 0.6) is 0 Å². The Labute approximate surface area is 68.6 Å². The van der Waals surface area contributed by atoms with Gasteiger partial charge in [-0.1, -0.05) is 12.8 Å². The Bertz CT molecular complexity index is 108. The van der Waals surface area contributed by atoms with E-state index in [-0.39, 0.29) is 12.2 Å². The highest BCUT2D eigenvalue weighted by molar-refractivity contribution is 4.72. The lowest BCUT2D eigenvalue weighted by Gasteiger charge is -2.15. The molecule has 11 heavy (non-hydrogen) atoms. The fourth-order valence-electron chi connectivity index (χ4n) is 0.966. The van der Waals surface area contributed by atoms with Gasteiger partial charge >= 0.3 is 0 Å². The first-order chi connectivity index (χ1) is 5.20. The van der Waals surface area contributed by atoms with Crippen molar-refractivity contribution in [3.63, 3.8) is 0 Å². The summed E-state index contributed by atoms with van der Waals surface area (Å²) >= 11 is 0. The van der Waals surface area contributed by atoms with E-state index in [0.717, 1.165) is 12.5 Å². The van der Waals surface area contributed by atoms with Crippen LogP contribution in [0, 0.1) is 5.92 Å². The van der Waals surface area contributed by atoms with Gasteiger partial charge in [0.25, 0.3) is 0 Å². The van der Waals surface area contributed by atoms with Crippen LogP contribution in [0.3, 0.4) is 0 Å². The zero-order valence-electron chi connectivity index (χ0n) is 7.42. The normalized spacial score (nSPS) is 23.2. The standard InChI is InChI=1S/C9H18O2/c1-7(10)8(2)11-6-5-9-3-4-9/h7-10H,3-6H2,1-2H3/t7-,8?/m0/s1. The molecule has 2 heteroatoms. The minimum atomic E-state index is -0.339. The van der Waals surface area contributed by atoms with E-state index in [2.05, 4.69) is 0 Å². The Balaban J connectivity index is 1.92. The smallest absolute Gasteiger partial charge is 0.0803 e. The Kier molecular flexibility index (Phi) is 3.34. The Hall–Kier alpha value is -0.0800. The summed E-state index contributed by atoms with van der Waals surface area (Å²) in [6.07, 6.45) is 3.60. The number of ether oxygens (including phenoxy) is 1. The van der Waals surface area contributed by atoms with E-state index in [9.17, 15) is 0 Å². The van der Waals surface area contributed by atoms with Gasteiger partial charge in [-0.3, -0.25) is 0 Å². The maximum absolute atomic E-state index is 9.08. The lowest BCUT2D eigenvalue weighted by molar-refractivity contribution is -0.0201. The number of rotatable bonds is 5. The molecule has 1 N–H and O–H groups in total. The van der Waals surface area contributed by atoms with E-state index in [1.54, 1.807) is 6.92 Å². The molecule has 1 aliphatic carbocycles. The molecule has 1 saturated carbocycles. The summed E-state index contributed by atoms with van der Waals surface area (Å²) in [6, 6.07) is 0. The molecule has 0 bridgehead atoms. The van der Waals surface area contributed by atoms with Gasteiger partial charge in [0.2, 0.25) is 0 Å². The summed E-state index contributed by atoms with van der Waals surface area (Å²) in [7, 11) is 0. The summed E-state index contributed by atoms with van der Waals surface area (Å²) < 4.78 is 5.40. The predicted molar refractivity (Wildman–Crippen MR) is 44.4 cm³/mol. The van der Waals surface area contributed by atoms with Crippen molar-refractivity contribution < 1.29 is 9.84 Å². The fraction of sp³-hybridized carbons (Fsp3) is 1.00. The highest BCUT2D eigenvalue weighted by Crippen LogP contribution is 2.32. The van der Waals surface area contributed by atoms with Crippen molar-refractivity contribution in [2.24, 2.45) is 5.92 Å². The molecule has 0 heterocycles. The van der Waals surface area contributed by atoms with Crippen molar-refractivity contribution >= 4 is 0 Å². The average molecular weight is 158 g/mol. The topological polar surface area (TPSA) is 29.5 Å². The minimum absolute atomic E-state index is 0.00579. The van der Waals surface area contributed by atoms with Gasteiger partial charge < -0.3 is 9.84 Å². The molecule has 1 unspecified atom stereocenters. The van der Waals surface area contributed by atoms with Crippen molar-refractivity contribution in [3.8, 4) is 0 Å². The van der Waals surface area contributed by atoms with Gasteiger partial charge in [0.05, 0.1) is 12.2 Å². The number of hydrogen-bond donors (Lipinski definition) is 1. The second-order valence-electron chi connectivity index (χ2n) is 3.55. The van der Waals surface area contributed by atoms with Crippen molar-refractivity contribution in [1.82, 2.24) is 0 Å². The summed E-state index contributed by atoms with van der Waals surface area (Å²) in [5.41, 5.74) is 0. The summed E-state index contributed by atoms with van der Waals surface area (Å²) in [5.74, 6) is 0.927. The maximum Gasteiger partial charge on any atom is 0.0803 e. The highest BCUT2D eigenvalue weighted by atomic mass is 16.5. The lowest BCUT2D eigenvalue weighted by atomic mass is 10.2. The van der Waals surface area contributed by atoms with E-state index in [1.807, 2.05) is 6.92 Å². The molecule has 1 fully saturated rings. The quantitative estimate of drug-likeness (QED) is 0.658. The van der Waals surface area contributed by atoms with E-state index in [4.69, 9.17) is 9.84 Å². The third kappa shape index (κ3) is 3.73. The molecule has 66 valence electrons. The van der Waals surface area contributed by atoms with Crippen molar-refractivity contribution in [1.29, 1.82) is 0 Å². The molecule has 0 aromatic heterocycles. The molecule has 2 atom stereocenters. The van der Waals surface area contributed by atoms with Gasteiger partial charge in [0.15, 0.2) is 0 Å². The first-order valence-electron chi connectivity index (χ1n) is 4.50. The van der Waals surface area contributed by atoms with Crippen LogP contribution in [0.1, 0.15) is 33.1 Å². The molecule has 0 aromatic rings. The molecule has 0 aromatic carbocycles. The highest BCUT2D eigenvalue weighted by Gasteiger charge is 2.21. The monoisotopic (exact) mass is 158 g/mol. The van der Waals surface area contributed by atoms with Crippen LogP contribution in [-0.4, -0.2) is 23.9 Å². The van der Waals surface area contributed by atoms with Gasteiger partial charge in [-0.05, 0) is 26.2 Å². The number of aliphatic hydroxyl groups excluding tert-OH is 1. The van der Waals surface area contributed by atoms with Crippen molar-refractivity contribution in [3.05, 3.63) is 0 Å². The van der Waals surface area contributed by atoms with Crippen molar-refractivity contribution in [2.45, 2.75) is 45.3 Å². The molecular weight excluding hydrogens is 140 g/mol. The van der Waals surface area contributed by atoms with Gasteiger partial charge in [-0.25, -0.2) is 0 Å². The van der Waals surface area contributed by atoms with Crippen LogP contribution in [-0.2, 0) is 4.74 Å². The third-order valence-corrected chi connectivity index (χ3v) is 2.28. The van der Waals surface area contributed by atoms with E-state index < -0.39 is 0 Å². The van der Waals surface area contributed by atoms with Gasteiger partial charge in [-0.2, -0.15) is 0 Å². The first-order valence-corrected chi connectivity index (χ1v) is 4.50. The SMILES string of the molecule is CC(OCCC1CC1)[C@H](C)O. The number of aliphatic hydroxyl groups is 1. The average Bonchev–Trinajstić information content (AvgIpc) is 2.71. The zero-order chi connectivity index (χ0) is 8.27. The van der Waals surface area contributed by atoms with Crippen LogP contribution in [0.15, 0.2) is 0 Å². The molecule has 1 rings (SSSR count). The minimum Gasteiger partial charge on any atom is -0.391 e. The van der Waals surface area contributed by atoms with Gasteiger partial charge in [0.1, 0.15) is 0 Å². The Morgan fingerprint density at radius 2 is 2.09 bits per heavy atom. The molecule has 0 amide bonds. The second kappa shape index (κ2) is 4.07. The molecule has 0 aliphatic heterocycles. The van der Waals surface area contributed by atoms with Crippen LogP contribution in [0.25, 0.3) is 0 Å². The summed E-state index contributed by atoms with van der Waals surface area (Å²) in [5, 5.41) is 9.08. The fourth-order valence-corrected chi connectivity index (χ4v) is 0.966. The van der Waals surface area contributed by atoms with E-state index in [1.165, 1.54) is 19.3 Å². The number of hydrogen-bond acceptors (Lipinski definition) is 2. The van der Waals surface area contributed by atoms with Crippen LogP contribution >= 0.6 is 0 Å². The van der Waals surface area contributed by atoms with Gasteiger partial charge in [0, 0.05) is 6.61 Å². The molecule has 0 radical (unpaired) electrons. The molecule has 0 saturated heterocycles. The second-order valence-corrected chi connectivity index (χ2v) is 3.55. The third-order valence-electron chi connectivity index (χ3n) is 2.28. The first kappa shape index (κ1) is 9.01. The lowest BCUT2D eigenvalue weighted by Crippen LogP contribution is -2.23. The Morgan fingerprint density at radius 3 is 2.55 bits per heavy atom. The van der Waals surface area contributed by atoms with Crippen LogP contribution in [0.2, 0.25) is 0 Å². The zero-order valence-corrected chi connectivity index (χ0v) is 7.42. The van der Waals surface area contributed by atoms with Crippen molar-refractivity contribution in [2.75, 3.05) is 6.61 Å². The predicted octanol–water partition coefficient (Wildman–Crippen LogP) is 1.57.